The number of carbonyl (C=O) groups is 1. The molecule has 0 aromatic heterocycles. The van der Waals surface area contributed by atoms with Gasteiger partial charge in [-0.2, -0.15) is 10.2 Å². The summed E-state index contributed by atoms with van der Waals surface area (Å²) in [5.74, 6) is -0.496. The van der Waals surface area contributed by atoms with Crippen molar-refractivity contribution in [3.8, 4) is 0 Å². The second-order valence-electron chi connectivity index (χ2n) is 8.78. The van der Waals surface area contributed by atoms with E-state index in [1.165, 1.54) is 11.8 Å². The maximum Gasteiger partial charge on any atom is 0.365 e. The molecule has 39 heavy (non-hydrogen) atoms. The summed E-state index contributed by atoms with van der Waals surface area (Å²) in [6.07, 6.45) is 0. The Kier molecular flexibility index (Phi) is 6.81. The molecule has 0 bridgehead atoms. The van der Waals surface area contributed by atoms with Crippen molar-refractivity contribution in [1.29, 1.82) is 0 Å². The number of thioether (sulfide) groups is 1. The summed E-state index contributed by atoms with van der Waals surface area (Å²) in [6, 6.07) is 32.9. The predicted octanol–water partition coefficient (Wildman–Crippen LogP) is 7.51. The normalized spacial score (nSPS) is 18.0. The van der Waals surface area contributed by atoms with Crippen LogP contribution in [0.1, 0.15) is 23.6 Å². The molecule has 0 saturated heterocycles. The molecule has 4 aromatic carbocycles. The van der Waals surface area contributed by atoms with E-state index in [9.17, 15) is 4.79 Å². The SMILES string of the molecule is CCOC(=O)C1=NN(c2cccc(Cl)c2)[C@]2(S1)c1ccccc1C(c1ccc(Cl)cc1)=NN2c1ccccc1. The Balaban J connectivity index is 1.64. The molecule has 2 aliphatic heterocycles. The van der Waals surface area contributed by atoms with Gasteiger partial charge in [-0.05, 0) is 61.2 Å². The number of hydrazone groups is 2. The smallest absolute Gasteiger partial charge is 0.365 e. The fourth-order valence-corrected chi connectivity index (χ4v) is 6.31. The Hall–Kier alpha value is -3.78. The molecule has 6 nitrogen and oxygen atoms in total. The van der Waals surface area contributed by atoms with Crippen LogP contribution in [-0.4, -0.2) is 23.3 Å². The minimum atomic E-state index is -1.10. The molecule has 2 aliphatic rings. The third-order valence-corrected chi connectivity index (χ3v) is 8.14. The number of para-hydroxylation sites is 1. The lowest BCUT2D eigenvalue weighted by Gasteiger charge is -2.47. The summed E-state index contributed by atoms with van der Waals surface area (Å²) in [4.78, 5) is 12.0. The Bertz CT molecular complexity index is 1610. The third kappa shape index (κ3) is 4.46. The first-order chi connectivity index (χ1) is 19.0. The minimum absolute atomic E-state index is 0.220. The zero-order valence-corrected chi connectivity index (χ0v) is 23.1. The van der Waals surface area contributed by atoms with Gasteiger partial charge in [0.25, 0.3) is 0 Å². The van der Waals surface area contributed by atoms with E-state index in [0.29, 0.717) is 15.7 Å². The quantitative estimate of drug-likeness (QED) is 0.232. The highest BCUT2D eigenvalue weighted by atomic mass is 35.5. The summed E-state index contributed by atoms with van der Waals surface area (Å²) in [6.45, 7) is 2.01. The first-order valence-corrected chi connectivity index (χ1v) is 13.9. The highest BCUT2D eigenvalue weighted by molar-refractivity contribution is 8.16. The molecule has 0 N–H and O–H groups in total. The fourth-order valence-electron chi connectivity index (χ4n) is 4.71. The number of esters is 1. The standard InChI is InChI=1S/C30H22Cl2N4O2S/c1-2-38-29(37)28-34-36(24-12-8-9-22(32)19-24)30(39-28)26-14-7-6-13-25(26)27(20-15-17-21(31)18-16-20)33-35(30)23-10-4-3-5-11-23/h3-19H,2H2,1H3/t30-/m0/s1. The number of ether oxygens (including phenoxy) is 1. The van der Waals surface area contributed by atoms with Gasteiger partial charge in [0.2, 0.25) is 10.0 Å². The second-order valence-corrected chi connectivity index (χ2v) is 10.8. The first kappa shape index (κ1) is 25.5. The van der Waals surface area contributed by atoms with Crippen LogP contribution in [-0.2, 0) is 14.5 Å². The average molecular weight is 574 g/mol. The zero-order valence-electron chi connectivity index (χ0n) is 20.8. The number of fused-ring (bicyclic) bond motifs is 2. The van der Waals surface area contributed by atoms with E-state index in [1.807, 2.05) is 107 Å². The number of halogens is 2. The Morgan fingerprint density at radius 2 is 1.51 bits per heavy atom. The molecule has 2 heterocycles. The van der Waals surface area contributed by atoms with Gasteiger partial charge in [-0.25, -0.2) is 14.8 Å². The average Bonchev–Trinajstić information content (AvgIpc) is 3.36. The topological polar surface area (TPSA) is 57.5 Å². The molecule has 0 aliphatic carbocycles. The number of nitrogens with zero attached hydrogens (tertiary/aromatic N) is 4. The molecule has 194 valence electrons. The third-order valence-electron chi connectivity index (χ3n) is 6.36. The number of hydrogen-bond donors (Lipinski definition) is 0. The van der Waals surface area contributed by atoms with Crippen LogP contribution >= 0.6 is 35.0 Å². The van der Waals surface area contributed by atoms with E-state index < -0.39 is 11.0 Å². The summed E-state index contributed by atoms with van der Waals surface area (Å²) in [5.41, 5.74) is 5.02. The van der Waals surface area contributed by atoms with Crippen LogP contribution in [0.3, 0.4) is 0 Å². The van der Waals surface area contributed by atoms with Crippen molar-refractivity contribution in [2.45, 2.75) is 11.9 Å². The molecule has 0 radical (unpaired) electrons. The van der Waals surface area contributed by atoms with Crippen molar-refractivity contribution >= 4 is 63.1 Å². The Morgan fingerprint density at radius 1 is 0.821 bits per heavy atom. The van der Waals surface area contributed by atoms with Crippen molar-refractivity contribution < 1.29 is 9.53 Å². The fraction of sp³-hybridized carbons (Fsp3) is 0.100. The highest BCUT2D eigenvalue weighted by Gasteiger charge is 2.56. The van der Waals surface area contributed by atoms with Crippen LogP contribution in [0.25, 0.3) is 0 Å². The molecular weight excluding hydrogens is 551 g/mol. The number of rotatable bonds is 5. The van der Waals surface area contributed by atoms with E-state index in [4.69, 9.17) is 38.1 Å². The molecule has 9 heteroatoms. The first-order valence-electron chi connectivity index (χ1n) is 12.3. The molecular formula is C30H22Cl2N4O2S. The van der Waals surface area contributed by atoms with Crippen LogP contribution < -0.4 is 10.0 Å². The van der Waals surface area contributed by atoms with Crippen LogP contribution in [0.2, 0.25) is 10.0 Å². The van der Waals surface area contributed by atoms with Crippen molar-refractivity contribution in [2.75, 3.05) is 16.6 Å². The lowest BCUT2D eigenvalue weighted by molar-refractivity contribution is -0.134. The van der Waals surface area contributed by atoms with Gasteiger partial charge < -0.3 is 4.74 Å². The number of hydrogen-bond acceptors (Lipinski definition) is 7. The molecule has 0 fully saturated rings. The number of carbonyl (C=O) groups excluding carboxylic acids is 1. The van der Waals surface area contributed by atoms with Crippen molar-refractivity contribution in [1.82, 2.24) is 0 Å². The van der Waals surface area contributed by atoms with E-state index >= 15 is 0 Å². The number of anilines is 2. The van der Waals surface area contributed by atoms with Crippen molar-refractivity contribution in [2.24, 2.45) is 10.2 Å². The minimum Gasteiger partial charge on any atom is -0.461 e. The monoisotopic (exact) mass is 572 g/mol. The van der Waals surface area contributed by atoms with Gasteiger partial charge in [0.15, 0.2) is 0 Å². The van der Waals surface area contributed by atoms with Gasteiger partial charge in [-0.1, -0.05) is 83.9 Å². The van der Waals surface area contributed by atoms with E-state index in [1.54, 1.807) is 13.0 Å². The highest BCUT2D eigenvalue weighted by Crippen LogP contribution is 2.55. The zero-order chi connectivity index (χ0) is 27.0. The molecule has 0 unspecified atom stereocenters. The lowest BCUT2D eigenvalue weighted by Crippen LogP contribution is -2.54. The van der Waals surface area contributed by atoms with Gasteiger partial charge >= 0.3 is 5.97 Å². The summed E-state index contributed by atoms with van der Waals surface area (Å²) in [5, 5.41) is 15.2. The van der Waals surface area contributed by atoms with Crippen LogP contribution in [0, 0.1) is 0 Å². The summed E-state index contributed by atoms with van der Waals surface area (Å²) < 4.78 is 5.39. The predicted molar refractivity (Wildman–Crippen MR) is 160 cm³/mol. The molecule has 0 saturated carbocycles. The van der Waals surface area contributed by atoms with Crippen LogP contribution in [0.4, 0.5) is 11.4 Å². The van der Waals surface area contributed by atoms with Gasteiger partial charge in [0, 0.05) is 26.7 Å². The lowest BCUT2D eigenvalue weighted by atomic mass is 9.93. The second kappa shape index (κ2) is 10.4. The van der Waals surface area contributed by atoms with Gasteiger partial charge in [-0.3, -0.25) is 0 Å². The van der Waals surface area contributed by atoms with E-state index in [2.05, 4.69) is 0 Å². The maximum atomic E-state index is 13.1. The largest absolute Gasteiger partial charge is 0.461 e. The molecule has 4 aromatic rings. The van der Waals surface area contributed by atoms with Crippen molar-refractivity contribution in [3.63, 3.8) is 0 Å². The van der Waals surface area contributed by atoms with Gasteiger partial charge in [0.1, 0.15) is 0 Å². The molecule has 6 rings (SSSR count). The molecule has 1 spiro atoms. The van der Waals surface area contributed by atoms with E-state index in [0.717, 1.165) is 28.1 Å². The van der Waals surface area contributed by atoms with Crippen LogP contribution in [0.5, 0.6) is 0 Å². The Labute approximate surface area is 240 Å². The van der Waals surface area contributed by atoms with Crippen molar-refractivity contribution in [3.05, 3.63) is 130 Å². The molecule has 0 amide bonds. The summed E-state index contributed by atoms with van der Waals surface area (Å²) >= 11 is 14.0. The van der Waals surface area contributed by atoms with E-state index in [-0.39, 0.29) is 11.7 Å². The summed E-state index contributed by atoms with van der Waals surface area (Å²) in [7, 11) is 0. The number of benzene rings is 4. The van der Waals surface area contributed by atoms with Crippen LogP contribution in [0.15, 0.2) is 113 Å². The van der Waals surface area contributed by atoms with Gasteiger partial charge in [0.05, 0.1) is 23.7 Å². The maximum absolute atomic E-state index is 13.1. The molecule has 1 atom stereocenters. The Morgan fingerprint density at radius 3 is 2.26 bits per heavy atom. The van der Waals surface area contributed by atoms with Gasteiger partial charge in [-0.15, -0.1) is 0 Å².